The minimum atomic E-state index is -2.86. The van der Waals surface area contributed by atoms with Crippen molar-refractivity contribution in [2.75, 3.05) is 12.0 Å². The number of carbonyl (C=O) groups excluding carboxylic acids is 1. The van der Waals surface area contributed by atoms with E-state index in [1.165, 1.54) is 6.26 Å². The molecule has 0 saturated heterocycles. The van der Waals surface area contributed by atoms with Gasteiger partial charge in [0, 0.05) is 12.7 Å². The molecule has 0 amide bonds. The van der Waals surface area contributed by atoms with E-state index in [-0.39, 0.29) is 11.5 Å². The Hall–Kier alpha value is -0.640. The summed E-state index contributed by atoms with van der Waals surface area (Å²) >= 11 is 0. The van der Waals surface area contributed by atoms with Gasteiger partial charge in [-0.05, 0) is 38.2 Å². The third-order valence-electron chi connectivity index (χ3n) is 2.55. The normalized spacial score (nSPS) is 18.5. The topological polar surface area (TPSA) is 51.2 Å². The zero-order valence-electron chi connectivity index (χ0n) is 9.16. The van der Waals surface area contributed by atoms with Crippen LogP contribution in [-0.4, -0.2) is 26.2 Å². The zero-order chi connectivity index (χ0) is 11.3. The van der Waals surface area contributed by atoms with Crippen molar-refractivity contribution in [1.82, 2.24) is 0 Å². The van der Waals surface area contributed by atoms with Gasteiger partial charge in [0.25, 0.3) is 0 Å². The summed E-state index contributed by atoms with van der Waals surface area (Å²) in [5.41, 5.74) is 1.13. The lowest BCUT2D eigenvalue weighted by molar-refractivity contribution is -0.114. The smallest absolute Gasteiger partial charge is 0.155 e. The minimum Gasteiger partial charge on any atom is -0.295 e. The number of sulfone groups is 1. The molecule has 0 saturated carbocycles. The highest BCUT2D eigenvalue weighted by molar-refractivity contribution is 7.90. The van der Waals surface area contributed by atoms with Crippen LogP contribution in [-0.2, 0) is 14.6 Å². The minimum absolute atomic E-state index is 0.196. The van der Waals surface area contributed by atoms with Crippen LogP contribution in [0, 0.1) is 0 Å². The average Bonchev–Trinajstić information content (AvgIpc) is 2.27. The van der Waals surface area contributed by atoms with Crippen molar-refractivity contribution in [1.29, 1.82) is 0 Å². The second-order valence-corrected chi connectivity index (χ2v) is 6.47. The van der Waals surface area contributed by atoms with E-state index in [4.69, 9.17) is 0 Å². The van der Waals surface area contributed by atoms with Gasteiger partial charge < -0.3 is 0 Å². The van der Waals surface area contributed by atoms with Crippen molar-refractivity contribution in [2.45, 2.75) is 38.5 Å². The highest BCUT2D eigenvalue weighted by Crippen LogP contribution is 2.19. The Bertz CT molecular complexity index is 352. The summed E-state index contributed by atoms with van der Waals surface area (Å²) in [5, 5.41) is 0. The summed E-state index contributed by atoms with van der Waals surface area (Å²) in [6.45, 7) is 0. The van der Waals surface area contributed by atoms with Crippen LogP contribution in [0.2, 0.25) is 0 Å². The van der Waals surface area contributed by atoms with E-state index in [0.717, 1.165) is 31.3 Å². The summed E-state index contributed by atoms with van der Waals surface area (Å²) in [6.07, 6.45) is 7.97. The number of ketones is 1. The number of carbonyl (C=O) groups is 1. The van der Waals surface area contributed by atoms with Gasteiger partial charge in [-0.15, -0.1) is 0 Å². The maximum atomic E-state index is 11.3. The first-order chi connectivity index (χ1) is 6.97. The van der Waals surface area contributed by atoms with Gasteiger partial charge >= 0.3 is 0 Å². The quantitative estimate of drug-likeness (QED) is 0.741. The molecule has 86 valence electrons. The van der Waals surface area contributed by atoms with Crippen LogP contribution in [0.1, 0.15) is 38.5 Å². The molecule has 0 atom stereocenters. The van der Waals surface area contributed by atoms with Crippen molar-refractivity contribution in [3.63, 3.8) is 0 Å². The van der Waals surface area contributed by atoms with Crippen molar-refractivity contribution >= 4 is 15.6 Å². The van der Waals surface area contributed by atoms with Crippen molar-refractivity contribution in [3.8, 4) is 0 Å². The first kappa shape index (κ1) is 12.4. The molecule has 0 aromatic heterocycles. The van der Waals surface area contributed by atoms with Crippen LogP contribution in [0.4, 0.5) is 0 Å². The molecule has 3 nitrogen and oxygen atoms in total. The summed E-state index contributed by atoms with van der Waals surface area (Å²) in [7, 11) is -2.86. The number of rotatable bonds is 4. The van der Waals surface area contributed by atoms with Gasteiger partial charge in [0.05, 0.1) is 5.75 Å². The van der Waals surface area contributed by atoms with Crippen molar-refractivity contribution in [2.24, 2.45) is 0 Å². The number of hydrogen-bond acceptors (Lipinski definition) is 3. The maximum Gasteiger partial charge on any atom is 0.155 e. The predicted octanol–water partition coefficient (Wildman–Crippen LogP) is 1.88. The Kier molecular flexibility index (Phi) is 4.51. The first-order valence-corrected chi connectivity index (χ1v) is 7.43. The van der Waals surface area contributed by atoms with E-state index in [2.05, 4.69) is 0 Å². The fourth-order valence-corrected chi connectivity index (χ4v) is 2.45. The standard InChI is InChI=1S/C11H18O3S/c1-15(13,14)8-4-6-10-5-2-3-7-11(12)9-10/h9H,2-8H2,1H3. The molecule has 0 fully saturated rings. The van der Waals surface area contributed by atoms with Crippen LogP contribution < -0.4 is 0 Å². The van der Waals surface area contributed by atoms with E-state index in [9.17, 15) is 13.2 Å². The highest BCUT2D eigenvalue weighted by Gasteiger charge is 2.09. The third-order valence-corrected chi connectivity index (χ3v) is 3.58. The molecule has 0 spiro atoms. The Morgan fingerprint density at radius 1 is 1.27 bits per heavy atom. The van der Waals surface area contributed by atoms with Crippen LogP contribution in [0.15, 0.2) is 11.6 Å². The summed E-state index contributed by atoms with van der Waals surface area (Å²) < 4.78 is 21.8. The van der Waals surface area contributed by atoms with Crippen molar-refractivity contribution in [3.05, 3.63) is 11.6 Å². The molecule has 1 rings (SSSR count). The predicted molar refractivity (Wildman–Crippen MR) is 60.5 cm³/mol. The number of hydrogen-bond donors (Lipinski definition) is 0. The molecule has 1 aliphatic rings. The lowest BCUT2D eigenvalue weighted by Gasteiger charge is -2.03. The molecule has 4 heteroatoms. The molecule has 0 unspecified atom stereocenters. The molecule has 15 heavy (non-hydrogen) atoms. The fourth-order valence-electron chi connectivity index (χ4n) is 1.78. The lowest BCUT2D eigenvalue weighted by Crippen LogP contribution is -2.03. The maximum absolute atomic E-state index is 11.3. The third kappa shape index (κ3) is 5.72. The summed E-state index contributed by atoms with van der Waals surface area (Å²) in [4.78, 5) is 11.3. The summed E-state index contributed by atoms with van der Waals surface area (Å²) in [6, 6.07) is 0. The molecule has 0 aromatic rings. The van der Waals surface area contributed by atoms with E-state index in [1.807, 2.05) is 0 Å². The van der Waals surface area contributed by atoms with Gasteiger partial charge in [0.2, 0.25) is 0 Å². The van der Waals surface area contributed by atoms with Crippen molar-refractivity contribution < 1.29 is 13.2 Å². The van der Waals surface area contributed by atoms with Crippen LogP contribution >= 0.6 is 0 Å². The Labute approximate surface area is 91.5 Å². The van der Waals surface area contributed by atoms with E-state index >= 15 is 0 Å². The molecule has 0 radical (unpaired) electrons. The molecule has 1 aliphatic carbocycles. The lowest BCUT2D eigenvalue weighted by atomic mass is 10.1. The molecule has 0 aliphatic heterocycles. The zero-order valence-corrected chi connectivity index (χ0v) is 9.98. The Morgan fingerprint density at radius 2 is 1.93 bits per heavy atom. The second kappa shape index (κ2) is 5.45. The monoisotopic (exact) mass is 230 g/mol. The molecular weight excluding hydrogens is 212 g/mol. The average molecular weight is 230 g/mol. The van der Waals surface area contributed by atoms with Gasteiger partial charge in [-0.1, -0.05) is 5.57 Å². The molecule has 0 heterocycles. The highest BCUT2D eigenvalue weighted by atomic mass is 32.2. The Morgan fingerprint density at radius 3 is 2.60 bits per heavy atom. The van der Waals surface area contributed by atoms with Gasteiger partial charge in [0.1, 0.15) is 9.84 Å². The van der Waals surface area contributed by atoms with Gasteiger partial charge in [0.15, 0.2) is 5.78 Å². The van der Waals surface area contributed by atoms with Gasteiger partial charge in [-0.2, -0.15) is 0 Å². The van der Waals surface area contributed by atoms with Crippen LogP contribution in [0.3, 0.4) is 0 Å². The first-order valence-electron chi connectivity index (χ1n) is 5.37. The van der Waals surface area contributed by atoms with E-state index in [0.29, 0.717) is 12.8 Å². The van der Waals surface area contributed by atoms with E-state index in [1.54, 1.807) is 6.08 Å². The second-order valence-electron chi connectivity index (χ2n) is 4.21. The Balaban J connectivity index is 2.40. The van der Waals surface area contributed by atoms with Gasteiger partial charge in [-0.25, -0.2) is 8.42 Å². The van der Waals surface area contributed by atoms with Crippen LogP contribution in [0.5, 0.6) is 0 Å². The fraction of sp³-hybridized carbons (Fsp3) is 0.727. The van der Waals surface area contributed by atoms with Crippen LogP contribution in [0.25, 0.3) is 0 Å². The molecular formula is C11H18O3S. The molecule has 0 N–H and O–H groups in total. The number of allylic oxidation sites excluding steroid dienone is 2. The largest absolute Gasteiger partial charge is 0.295 e. The SMILES string of the molecule is CS(=O)(=O)CCCC1=CC(=O)CCCC1. The van der Waals surface area contributed by atoms with Gasteiger partial charge in [-0.3, -0.25) is 4.79 Å². The molecule has 0 bridgehead atoms. The summed E-state index contributed by atoms with van der Waals surface area (Å²) in [5.74, 6) is 0.417. The molecule has 0 aromatic carbocycles. The van der Waals surface area contributed by atoms with E-state index < -0.39 is 9.84 Å².